The van der Waals surface area contributed by atoms with E-state index >= 15 is 0 Å². The molecule has 0 amide bonds. The molecule has 4 rings (SSSR count). The van der Waals surface area contributed by atoms with Gasteiger partial charge in [0.15, 0.2) is 0 Å². The Hall–Kier alpha value is -2.76. The van der Waals surface area contributed by atoms with Crippen LogP contribution >= 0.6 is 11.6 Å². The molecule has 0 saturated heterocycles. The summed E-state index contributed by atoms with van der Waals surface area (Å²) in [5, 5.41) is 0.617. The molecule has 0 aromatic heterocycles. The Balaban J connectivity index is 1.95. The van der Waals surface area contributed by atoms with Crippen molar-refractivity contribution >= 4 is 38.5 Å². The third-order valence-electron chi connectivity index (χ3n) is 4.86. The van der Waals surface area contributed by atoms with Crippen molar-refractivity contribution in [2.24, 2.45) is 0 Å². The van der Waals surface area contributed by atoms with Gasteiger partial charge < -0.3 is 4.74 Å². The molecule has 3 aromatic rings. The van der Waals surface area contributed by atoms with Gasteiger partial charge in [0.25, 0.3) is 0 Å². The molecule has 6 heteroatoms. The first-order chi connectivity index (χ1) is 13.8. The molecule has 0 aliphatic carbocycles. The van der Waals surface area contributed by atoms with Crippen molar-refractivity contribution in [1.29, 1.82) is 0 Å². The zero-order valence-corrected chi connectivity index (χ0v) is 17.6. The summed E-state index contributed by atoms with van der Waals surface area (Å²) in [6.07, 6.45) is 1.14. The third kappa shape index (κ3) is 4.16. The van der Waals surface area contributed by atoms with Crippen LogP contribution in [0.3, 0.4) is 0 Å². The van der Waals surface area contributed by atoms with Crippen LogP contribution in [0.15, 0.2) is 66.7 Å². The highest BCUT2D eigenvalue weighted by Crippen LogP contribution is 2.42. The standard InChI is InChI=1S/C23H20ClNO3S/c1-15(16-7-5-8-19(12-16)25-29(2,26)27)23-20-9-4-3-6-17(20)14-28-22-13-18(24)10-11-21(22)23/h3-13,25H,14H2,1-2H3/b23-15+. The Labute approximate surface area is 175 Å². The SMILES string of the molecule is C/C(=C1/c2ccccc2COc2cc(Cl)ccc21)c1cccc(NS(C)(=O)=O)c1. The lowest BCUT2D eigenvalue weighted by Gasteiger charge is -2.16. The number of allylic oxidation sites excluding steroid dienone is 1. The number of benzene rings is 3. The van der Waals surface area contributed by atoms with E-state index in [0.29, 0.717) is 17.3 Å². The highest BCUT2D eigenvalue weighted by atomic mass is 35.5. The first-order valence-electron chi connectivity index (χ1n) is 9.12. The lowest BCUT2D eigenvalue weighted by Crippen LogP contribution is -2.09. The molecule has 4 nitrogen and oxygen atoms in total. The molecule has 1 N–H and O–H groups in total. The van der Waals surface area contributed by atoms with Crippen LogP contribution < -0.4 is 9.46 Å². The van der Waals surface area contributed by atoms with E-state index in [9.17, 15) is 8.42 Å². The topological polar surface area (TPSA) is 55.4 Å². The van der Waals surface area contributed by atoms with Gasteiger partial charge in [0.1, 0.15) is 12.4 Å². The van der Waals surface area contributed by atoms with Gasteiger partial charge in [-0.15, -0.1) is 0 Å². The summed E-state index contributed by atoms with van der Waals surface area (Å²) in [6.45, 7) is 2.49. The van der Waals surface area contributed by atoms with Crippen molar-refractivity contribution in [1.82, 2.24) is 0 Å². The molecule has 0 spiro atoms. The van der Waals surface area contributed by atoms with Crippen LogP contribution in [0, 0.1) is 0 Å². The van der Waals surface area contributed by atoms with Gasteiger partial charge in [-0.2, -0.15) is 0 Å². The minimum absolute atomic E-state index is 0.454. The van der Waals surface area contributed by atoms with Crippen molar-refractivity contribution in [2.45, 2.75) is 13.5 Å². The van der Waals surface area contributed by atoms with Crippen LogP contribution in [-0.4, -0.2) is 14.7 Å². The van der Waals surface area contributed by atoms with E-state index in [2.05, 4.69) is 16.9 Å². The molecule has 0 unspecified atom stereocenters. The maximum absolute atomic E-state index is 11.6. The van der Waals surface area contributed by atoms with Crippen LogP contribution in [0.1, 0.15) is 29.2 Å². The molecule has 0 radical (unpaired) electrons. The lowest BCUT2D eigenvalue weighted by molar-refractivity contribution is 0.307. The summed E-state index contributed by atoms with van der Waals surface area (Å²) in [4.78, 5) is 0. The molecular formula is C23H20ClNO3S. The average molecular weight is 426 g/mol. The summed E-state index contributed by atoms with van der Waals surface area (Å²) in [6, 6.07) is 21.2. The molecule has 0 fully saturated rings. The number of ether oxygens (including phenoxy) is 1. The number of fused-ring (bicyclic) bond motifs is 2. The van der Waals surface area contributed by atoms with E-state index in [-0.39, 0.29) is 0 Å². The van der Waals surface area contributed by atoms with Gasteiger partial charge in [0.2, 0.25) is 10.0 Å². The first kappa shape index (κ1) is 19.6. The Bertz CT molecular complexity index is 1230. The first-order valence-corrected chi connectivity index (χ1v) is 11.4. The number of sulfonamides is 1. The maximum Gasteiger partial charge on any atom is 0.229 e. The second-order valence-corrected chi connectivity index (χ2v) is 9.23. The van der Waals surface area contributed by atoms with Gasteiger partial charge in [-0.05, 0) is 65.1 Å². The molecular weight excluding hydrogens is 406 g/mol. The maximum atomic E-state index is 11.6. The van der Waals surface area contributed by atoms with E-state index in [1.54, 1.807) is 6.07 Å². The van der Waals surface area contributed by atoms with E-state index in [0.717, 1.165) is 45.4 Å². The van der Waals surface area contributed by atoms with Crippen molar-refractivity contribution in [3.05, 3.63) is 94.0 Å². The Morgan fingerprint density at radius 1 is 1.00 bits per heavy atom. The largest absolute Gasteiger partial charge is 0.488 e. The summed E-state index contributed by atoms with van der Waals surface area (Å²) in [5.41, 5.74) is 6.64. The fourth-order valence-corrected chi connectivity index (χ4v) is 4.31. The number of anilines is 1. The second-order valence-electron chi connectivity index (χ2n) is 7.04. The average Bonchev–Trinajstić information content (AvgIpc) is 2.83. The number of nitrogens with one attached hydrogen (secondary N) is 1. The molecule has 1 aliphatic heterocycles. The number of hydrogen-bond acceptors (Lipinski definition) is 3. The predicted molar refractivity (Wildman–Crippen MR) is 119 cm³/mol. The number of rotatable bonds is 3. The van der Waals surface area contributed by atoms with Gasteiger partial charge >= 0.3 is 0 Å². The molecule has 148 valence electrons. The number of halogens is 1. The van der Waals surface area contributed by atoms with Crippen molar-refractivity contribution in [3.63, 3.8) is 0 Å². The van der Waals surface area contributed by atoms with Gasteiger partial charge in [-0.25, -0.2) is 8.42 Å². The molecule has 0 atom stereocenters. The van der Waals surface area contributed by atoms with Gasteiger partial charge in [0, 0.05) is 16.3 Å². The minimum atomic E-state index is -3.35. The monoisotopic (exact) mass is 425 g/mol. The fraction of sp³-hybridized carbons (Fsp3) is 0.130. The molecule has 29 heavy (non-hydrogen) atoms. The smallest absolute Gasteiger partial charge is 0.229 e. The normalized spacial score (nSPS) is 14.9. The van der Waals surface area contributed by atoms with Crippen LogP contribution in [0.25, 0.3) is 11.1 Å². The molecule has 3 aromatic carbocycles. The van der Waals surface area contributed by atoms with E-state index < -0.39 is 10.0 Å². The highest BCUT2D eigenvalue weighted by molar-refractivity contribution is 7.92. The van der Waals surface area contributed by atoms with Crippen LogP contribution in [0.5, 0.6) is 5.75 Å². The van der Waals surface area contributed by atoms with E-state index in [1.807, 2.05) is 55.5 Å². The molecule has 0 saturated carbocycles. The number of hydrogen-bond donors (Lipinski definition) is 1. The fourth-order valence-electron chi connectivity index (χ4n) is 3.59. The van der Waals surface area contributed by atoms with E-state index in [1.165, 1.54) is 0 Å². The Kier molecular flexibility index (Phi) is 5.11. The molecule has 1 aliphatic rings. The van der Waals surface area contributed by atoms with Gasteiger partial charge in [-0.3, -0.25) is 4.72 Å². The Morgan fingerprint density at radius 2 is 1.79 bits per heavy atom. The minimum Gasteiger partial charge on any atom is -0.488 e. The second kappa shape index (κ2) is 7.58. The quantitative estimate of drug-likeness (QED) is 0.595. The van der Waals surface area contributed by atoms with E-state index in [4.69, 9.17) is 16.3 Å². The van der Waals surface area contributed by atoms with Gasteiger partial charge in [-0.1, -0.05) is 48.0 Å². The lowest BCUT2D eigenvalue weighted by atomic mass is 9.88. The highest BCUT2D eigenvalue weighted by Gasteiger charge is 2.22. The van der Waals surface area contributed by atoms with Crippen molar-refractivity contribution in [3.8, 4) is 5.75 Å². The summed E-state index contributed by atoms with van der Waals surface area (Å²) >= 11 is 6.21. The third-order valence-corrected chi connectivity index (χ3v) is 5.70. The van der Waals surface area contributed by atoms with Crippen molar-refractivity contribution in [2.75, 3.05) is 11.0 Å². The summed E-state index contributed by atoms with van der Waals surface area (Å²) in [5.74, 6) is 0.730. The summed E-state index contributed by atoms with van der Waals surface area (Å²) < 4.78 is 31.9. The predicted octanol–water partition coefficient (Wildman–Crippen LogP) is 5.58. The van der Waals surface area contributed by atoms with Crippen LogP contribution in [0.2, 0.25) is 5.02 Å². The van der Waals surface area contributed by atoms with Crippen LogP contribution in [0.4, 0.5) is 5.69 Å². The summed E-state index contributed by atoms with van der Waals surface area (Å²) in [7, 11) is -3.35. The van der Waals surface area contributed by atoms with Crippen LogP contribution in [-0.2, 0) is 16.6 Å². The van der Waals surface area contributed by atoms with Crippen molar-refractivity contribution < 1.29 is 13.2 Å². The zero-order valence-electron chi connectivity index (χ0n) is 16.1. The molecule has 0 bridgehead atoms. The van der Waals surface area contributed by atoms with Gasteiger partial charge in [0.05, 0.1) is 6.26 Å². The molecule has 1 heterocycles. The zero-order chi connectivity index (χ0) is 20.6. The Morgan fingerprint density at radius 3 is 2.59 bits per heavy atom.